The number of carbonyl (C=O) groups is 2. The Morgan fingerprint density at radius 2 is 2.13 bits per heavy atom. The molecule has 0 bridgehead atoms. The highest BCUT2D eigenvalue weighted by Gasteiger charge is 2.35. The molecule has 1 aliphatic heterocycles. The van der Waals surface area contributed by atoms with Crippen LogP contribution in [-0.2, 0) is 9.59 Å². The van der Waals surface area contributed by atoms with Crippen molar-refractivity contribution in [2.45, 2.75) is 44.7 Å². The third-order valence-electron chi connectivity index (χ3n) is 2.81. The predicted octanol–water partition coefficient (Wildman–Crippen LogP) is 1.16. The minimum absolute atomic E-state index is 0.0345. The van der Waals surface area contributed by atoms with Crippen molar-refractivity contribution >= 4 is 24.5 Å². The van der Waals surface area contributed by atoms with Gasteiger partial charge in [-0.05, 0) is 31.9 Å². The number of piperidine rings is 1. The molecule has 1 N–H and O–H groups in total. The van der Waals surface area contributed by atoms with Gasteiger partial charge < -0.3 is 10.0 Å². The Bertz CT molecular complexity index is 257. The molecule has 0 aromatic heterocycles. The molecule has 0 unspecified atom stereocenters. The largest absolute Gasteiger partial charge is 0.480 e. The first kappa shape index (κ1) is 12.4. The fourth-order valence-corrected chi connectivity index (χ4v) is 2.27. The third kappa shape index (κ3) is 2.87. The quantitative estimate of drug-likeness (QED) is 0.717. The minimum Gasteiger partial charge on any atom is -0.480 e. The standard InChI is InChI=1S/C10H17NO3S/c1-7-3-2-4-8(10(13)14)11(7)9(12)5-6-15/h7-8,15H,2-6H2,1H3,(H,13,14)/t7-,8-/m1/s1. The average Bonchev–Trinajstić information content (AvgIpc) is 2.17. The molecule has 1 aliphatic rings. The highest BCUT2D eigenvalue weighted by molar-refractivity contribution is 7.80. The summed E-state index contributed by atoms with van der Waals surface area (Å²) in [5.41, 5.74) is 0. The van der Waals surface area contributed by atoms with Crippen LogP contribution in [0.4, 0.5) is 0 Å². The van der Waals surface area contributed by atoms with E-state index in [1.54, 1.807) is 0 Å². The molecule has 0 radical (unpaired) electrons. The van der Waals surface area contributed by atoms with E-state index in [0.29, 0.717) is 18.6 Å². The van der Waals surface area contributed by atoms with Crippen LogP contribution in [0.25, 0.3) is 0 Å². The van der Waals surface area contributed by atoms with E-state index in [2.05, 4.69) is 12.6 Å². The lowest BCUT2D eigenvalue weighted by Crippen LogP contribution is -2.52. The van der Waals surface area contributed by atoms with Gasteiger partial charge in [0.15, 0.2) is 0 Å². The number of likely N-dealkylation sites (tertiary alicyclic amines) is 1. The van der Waals surface area contributed by atoms with Crippen molar-refractivity contribution in [3.05, 3.63) is 0 Å². The summed E-state index contributed by atoms with van der Waals surface area (Å²) >= 11 is 4.00. The van der Waals surface area contributed by atoms with Gasteiger partial charge in [0.1, 0.15) is 6.04 Å². The first-order valence-corrected chi connectivity index (χ1v) is 5.86. The second kappa shape index (κ2) is 5.39. The number of nitrogens with zero attached hydrogens (tertiary/aromatic N) is 1. The zero-order valence-electron chi connectivity index (χ0n) is 8.85. The van der Waals surface area contributed by atoms with Gasteiger partial charge in [0.2, 0.25) is 5.91 Å². The average molecular weight is 231 g/mol. The van der Waals surface area contributed by atoms with E-state index < -0.39 is 12.0 Å². The number of amides is 1. The van der Waals surface area contributed by atoms with Crippen LogP contribution in [0.5, 0.6) is 0 Å². The van der Waals surface area contributed by atoms with E-state index in [-0.39, 0.29) is 11.9 Å². The van der Waals surface area contributed by atoms with Crippen LogP contribution >= 0.6 is 12.6 Å². The highest BCUT2D eigenvalue weighted by Crippen LogP contribution is 2.23. The molecule has 0 spiro atoms. The molecule has 0 saturated carbocycles. The van der Waals surface area contributed by atoms with E-state index >= 15 is 0 Å². The molecule has 0 aromatic carbocycles. The molecule has 1 fully saturated rings. The summed E-state index contributed by atoms with van der Waals surface area (Å²) in [4.78, 5) is 24.3. The van der Waals surface area contributed by atoms with E-state index in [1.165, 1.54) is 4.90 Å². The summed E-state index contributed by atoms with van der Waals surface area (Å²) in [5.74, 6) is -0.521. The van der Waals surface area contributed by atoms with Crippen LogP contribution in [0.2, 0.25) is 0 Å². The molecule has 5 heteroatoms. The van der Waals surface area contributed by atoms with Crippen LogP contribution in [0, 0.1) is 0 Å². The van der Waals surface area contributed by atoms with Gasteiger partial charge in [0, 0.05) is 12.5 Å². The number of carbonyl (C=O) groups excluding carboxylic acids is 1. The van der Waals surface area contributed by atoms with Crippen molar-refractivity contribution in [2.75, 3.05) is 5.75 Å². The van der Waals surface area contributed by atoms with Gasteiger partial charge in [-0.25, -0.2) is 4.79 Å². The SMILES string of the molecule is C[C@@H]1CCC[C@H](C(=O)O)N1C(=O)CCS. The molecule has 15 heavy (non-hydrogen) atoms. The number of aliphatic carboxylic acids is 1. The highest BCUT2D eigenvalue weighted by atomic mass is 32.1. The van der Waals surface area contributed by atoms with Gasteiger partial charge in [-0.3, -0.25) is 4.79 Å². The van der Waals surface area contributed by atoms with Crippen molar-refractivity contribution in [2.24, 2.45) is 0 Å². The smallest absolute Gasteiger partial charge is 0.326 e. The predicted molar refractivity (Wildman–Crippen MR) is 60.1 cm³/mol. The number of thiol groups is 1. The van der Waals surface area contributed by atoms with Crippen molar-refractivity contribution < 1.29 is 14.7 Å². The zero-order chi connectivity index (χ0) is 11.4. The van der Waals surface area contributed by atoms with Gasteiger partial charge in [-0.2, -0.15) is 12.6 Å². The lowest BCUT2D eigenvalue weighted by molar-refractivity contribution is -0.154. The Morgan fingerprint density at radius 1 is 1.47 bits per heavy atom. The van der Waals surface area contributed by atoms with Crippen LogP contribution in [-0.4, -0.2) is 39.7 Å². The molecule has 1 amide bonds. The summed E-state index contributed by atoms with van der Waals surface area (Å²) in [6.45, 7) is 1.91. The van der Waals surface area contributed by atoms with Gasteiger partial charge in [-0.15, -0.1) is 0 Å². The minimum atomic E-state index is -0.894. The summed E-state index contributed by atoms with van der Waals surface area (Å²) in [5, 5.41) is 9.03. The van der Waals surface area contributed by atoms with Crippen LogP contribution in [0.1, 0.15) is 32.6 Å². The van der Waals surface area contributed by atoms with E-state index in [4.69, 9.17) is 5.11 Å². The Balaban J connectivity index is 2.76. The van der Waals surface area contributed by atoms with Crippen LogP contribution in [0.3, 0.4) is 0 Å². The van der Waals surface area contributed by atoms with Gasteiger partial charge in [0.25, 0.3) is 0 Å². The molecule has 1 saturated heterocycles. The van der Waals surface area contributed by atoms with Crippen molar-refractivity contribution in [3.63, 3.8) is 0 Å². The monoisotopic (exact) mass is 231 g/mol. The Labute approximate surface area is 95.1 Å². The topological polar surface area (TPSA) is 57.6 Å². The molecule has 2 atom stereocenters. The fourth-order valence-electron chi connectivity index (χ4n) is 2.08. The Kier molecular flexibility index (Phi) is 4.45. The maximum atomic E-state index is 11.7. The number of carboxylic acid groups (broad SMARTS) is 1. The van der Waals surface area contributed by atoms with E-state index in [9.17, 15) is 9.59 Å². The number of carboxylic acids is 1. The summed E-state index contributed by atoms with van der Waals surface area (Å²) in [6, 6.07) is -0.603. The van der Waals surface area contributed by atoms with E-state index in [1.807, 2.05) is 6.92 Å². The first-order valence-electron chi connectivity index (χ1n) is 5.22. The Hall–Kier alpha value is -0.710. The van der Waals surface area contributed by atoms with E-state index in [0.717, 1.165) is 12.8 Å². The molecule has 4 nitrogen and oxygen atoms in total. The normalized spacial score (nSPS) is 26.4. The second-order valence-corrected chi connectivity index (χ2v) is 4.36. The molecule has 1 rings (SSSR count). The summed E-state index contributed by atoms with van der Waals surface area (Å²) in [6.07, 6.45) is 2.65. The molecular formula is C10H17NO3S. The molecule has 86 valence electrons. The van der Waals surface area contributed by atoms with Crippen LogP contribution in [0.15, 0.2) is 0 Å². The number of hydrogen-bond acceptors (Lipinski definition) is 3. The molecule has 0 aliphatic carbocycles. The number of hydrogen-bond donors (Lipinski definition) is 2. The van der Waals surface area contributed by atoms with Crippen molar-refractivity contribution in [3.8, 4) is 0 Å². The first-order chi connectivity index (χ1) is 7.07. The summed E-state index contributed by atoms with van der Waals surface area (Å²) < 4.78 is 0. The molecule has 0 aromatic rings. The molecule has 1 heterocycles. The lowest BCUT2D eigenvalue weighted by Gasteiger charge is -2.38. The van der Waals surface area contributed by atoms with Crippen molar-refractivity contribution in [1.82, 2.24) is 4.90 Å². The molecular weight excluding hydrogens is 214 g/mol. The van der Waals surface area contributed by atoms with Crippen molar-refractivity contribution in [1.29, 1.82) is 0 Å². The maximum Gasteiger partial charge on any atom is 0.326 e. The van der Waals surface area contributed by atoms with Crippen LogP contribution < -0.4 is 0 Å². The fraction of sp³-hybridized carbons (Fsp3) is 0.800. The maximum absolute atomic E-state index is 11.7. The number of rotatable bonds is 3. The third-order valence-corrected chi connectivity index (χ3v) is 3.03. The Morgan fingerprint density at radius 3 is 2.67 bits per heavy atom. The second-order valence-electron chi connectivity index (χ2n) is 3.91. The van der Waals surface area contributed by atoms with Gasteiger partial charge >= 0.3 is 5.97 Å². The van der Waals surface area contributed by atoms with Gasteiger partial charge in [0.05, 0.1) is 0 Å². The summed E-state index contributed by atoms with van der Waals surface area (Å²) in [7, 11) is 0. The van der Waals surface area contributed by atoms with Gasteiger partial charge in [-0.1, -0.05) is 0 Å². The zero-order valence-corrected chi connectivity index (χ0v) is 9.74. The lowest BCUT2D eigenvalue weighted by atomic mass is 9.96.